The Hall–Kier alpha value is -4.70. The van der Waals surface area contributed by atoms with Crippen LogP contribution in [0.2, 0.25) is 0 Å². The number of nitrogens with one attached hydrogen (secondary N) is 1. The summed E-state index contributed by atoms with van der Waals surface area (Å²) in [6.07, 6.45) is 1.74. The van der Waals surface area contributed by atoms with Crippen molar-refractivity contribution in [3.05, 3.63) is 102 Å². The van der Waals surface area contributed by atoms with E-state index in [0.717, 1.165) is 23.2 Å². The lowest BCUT2D eigenvalue weighted by Gasteiger charge is -2.26. The van der Waals surface area contributed by atoms with Crippen LogP contribution in [0.4, 0.5) is 5.69 Å². The number of thiocarbonyl (C=S) groups is 1. The summed E-state index contributed by atoms with van der Waals surface area (Å²) in [6, 6.07) is 19.8. The highest BCUT2D eigenvalue weighted by Crippen LogP contribution is 2.43. The molecule has 9 nitrogen and oxygen atoms in total. The molecule has 1 fully saturated rings. The maximum absolute atomic E-state index is 11.6. The molecule has 4 aromatic rings. The average molecular weight is 544 g/mol. The number of rotatable bonds is 8. The van der Waals surface area contributed by atoms with Crippen molar-refractivity contribution in [3.63, 3.8) is 0 Å². The zero-order valence-electron chi connectivity index (χ0n) is 21.1. The van der Waals surface area contributed by atoms with Gasteiger partial charge in [0.25, 0.3) is 0 Å². The minimum atomic E-state index is -1.23. The van der Waals surface area contributed by atoms with Crippen molar-refractivity contribution in [1.82, 2.24) is 10.3 Å². The normalized spacial score (nSPS) is 16.8. The van der Waals surface area contributed by atoms with Crippen molar-refractivity contribution in [1.29, 1.82) is 0 Å². The van der Waals surface area contributed by atoms with Crippen molar-refractivity contribution in [2.24, 2.45) is 0 Å². The second-order valence-electron chi connectivity index (χ2n) is 9.27. The van der Waals surface area contributed by atoms with E-state index in [-0.39, 0.29) is 23.3 Å². The van der Waals surface area contributed by atoms with Crippen molar-refractivity contribution < 1.29 is 29.0 Å². The molecule has 10 heteroatoms. The largest absolute Gasteiger partial charge is 0.491 e. The van der Waals surface area contributed by atoms with Crippen LogP contribution in [0.5, 0.6) is 5.75 Å². The second kappa shape index (κ2) is 10.6. The molecule has 0 bridgehead atoms. The summed E-state index contributed by atoms with van der Waals surface area (Å²) in [6.45, 7) is 3.92. The first-order chi connectivity index (χ1) is 18.7. The summed E-state index contributed by atoms with van der Waals surface area (Å²) >= 11 is 5.75. The first-order valence-corrected chi connectivity index (χ1v) is 12.6. The van der Waals surface area contributed by atoms with Crippen LogP contribution < -0.4 is 15.0 Å². The van der Waals surface area contributed by atoms with Crippen LogP contribution in [0.25, 0.3) is 11.3 Å². The van der Waals surface area contributed by atoms with Crippen LogP contribution in [0.3, 0.4) is 0 Å². The summed E-state index contributed by atoms with van der Waals surface area (Å²) in [5.74, 6) is -0.870. The molecule has 0 unspecified atom stereocenters. The molecule has 1 saturated heterocycles. The number of aromatic nitrogens is 1. The predicted molar refractivity (Wildman–Crippen MR) is 148 cm³/mol. The third-order valence-corrected chi connectivity index (χ3v) is 6.53. The van der Waals surface area contributed by atoms with Crippen LogP contribution in [0, 0.1) is 0 Å². The molecule has 5 rings (SSSR count). The summed E-state index contributed by atoms with van der Waals surface area (Å²) in [4.78, 5) is 29.7. The SMILES string of the molecule is CC(C)Oc1ccc(N2C(=S)N[C@@H](c3ccccn3)[C@@H]2c2ccc(-c3cc(C(=O)O)cc(C(=O)O)c3)o2)cc1. The maximum atomic E-state index is 11.6. The molecule has 0 radical (unpaired) electrons. The Morgan fingerprint density at radius 3 is 2.28 bits per heavy atom. The number of furan rings is 1. The van der Waals surface area contributed by atoms with Gasteiger partial charge in [0.2, 0.25) is 0 Å². The fourth-order valence-electron chi connectivity index (χ4n) is 4.56. The van der Waals surface area contributed by atoms with Crippen LogP contribution in [-0.4, -0.2) is 38.4 Å². The highest BCUT2D eigenvalue weighted by atomic mass is 32.1. The van der Waals surface area contributed by atoms with Gasteiger partial charge < -0.3 is 29.6 Å². The standard InChI is InChI=1S/C29H25N3O6S/c1-16(2)37-21-8-6-20(7-9-21)32-26(25(31-29(32)39)22-5-3-4-12-30-22)24-11-10-23(38-24)17-13-18(27(33)34)15-19(14-17)28(35)36/h3-16,25-26H,1-2H3,(H,31,39)(H,33,34)(H,35,36)/t25-,26-/m0/s1. The lowest BCUT2D eigenvalue weighted by atomic mass is 10.0. The highest BCUT2D eigenvalue weighted by Gasteiger charge is 2.42. The zero-order valence-corrected chi connectivity index (χ0v) is 21.9. The van der Waals surface area contributed by atoms with Gasteiger partial charge in [-0.25, -0.2) is 9.59 Å². The molecule has 0 saturated carbocycles. The molecular weight excluding hydrogens is 518 g/mol. The third kappa shape index (κ3) is 5.32. The number of nitrogens with zero attached hydrogens (tertiary/aromatic N) is 2. The summed E-state index contributed by atoms with van der Waals surface area (Å²) in [5, 5.41) is 22.8. The van der Waals surface area contributed by atoms with Crippen molar-refractivity contribution in [3.8, 4) is 17.1 Å². The van der Waals surface area contributed by atoms with Crippen molar-refractivity contribution in [2.45, 2.75) is 32.0 Å². The van der Waals surface area contributed by atoms with Gasteiger partial charge >= 0.3 is 11.9 Å². The van der Waals surface area contributed by atoms with Crippen molar-refractivity contribution in [2.75, 3.05) is 4.90 Å². The third-order valence-electron chi connectivity index (χ3n) is 6.21. The van der Waals surface area contributed by atoms with Gasteiger partial charge in [-0.15, -0.1) is 0 Å². The smallest absolute Gasteiger partial charge is 0.335 e. The number of carboxylic acid groups (broad SMARTS) is 2. The van der Waals surface area contributed by atoms with Crippen LogP contribution in [0.15, 0.2) is 83.4 Å². The monoisotopic (exact) mass is 543 g/mol. The maximum Gasteiger partial charge on any atom is 0.335 e. The van der Waals surface area contributed by atoms with Gasteiger partial charge in [-0.3, -0.25) is 4.98 Å². The Bertz CT molecular complexity index is 1500. The van der Waals surface area contributed by atoms with E-state index in [1.165, 1.54) is 12.1 Å². The molecular formula is C29H25N3O6S. The molecule has 1 aliphatic heterocycles. The minimum Gasteiger partial charge on any atom is -0.491 e. The number of hydrogen-bond acceptors (Lipinski definition) is 6. The Kier molecular flexibility index (Phi) is 7.03. The van der Waals surface area contributed by atoms with E-state index in [2.05, 4.69) is 10.3 Å². The molecule has 3 heterocycles. The molecule has 2 aromatic heterocycles. The minimum absolute atomic E-state index is 0.0366. The molecule has 0 spiro atoms. The fourth-order valence-corrected chi connectivity index (χ4v) is 4.91. The quantitative estimate of drug-likeness (QED) is 0.238. The average Bonchev–Trinajstić information content (AvgIpc) is 3.54. The number of ether oxygens (including phenoxy) is 1. The summed E-state index contributed by atoms with van der Waals surface area (Å²) < 4.78 is 12.1. The summed E-state index contributed by atoms with van der Waals surface area (Å²) in [7, 11) is 0. The van der Waals surface area contributed by atoms with Crippen molar-refractivity contribution >= 4 is 35.0 Å². The molecule has 1 aliphatic rings. The van der Waals surface area contributed by atoms with E-state index < -0.39 is 18.0 Å². The first-order valence-electron chi connectivity index (χ1n) is 12.2. The van der Waals surface area contributed by atoms with Gasteiger partial charge in [0.15, 0.2) is 5.11 Å². The zero-order chi connectivity index (χ0) is 27.7. The Labute approximate surface area is 229 Å². The van der Waals surface area contributed by atoms with Gasteiger partial charge in [0, 0.05) is 17.4 Å². The Morgan fingerprint density at radius 1 is 1.00 bits per heavy atom. The van der Waals surface area contributed by atoms with Gasteiger partial charge in [0.1, 0.15) is 23.3 Å². The molecule has 39 heavy (non-hydrogen) atoms. The van der Waals surface area contributed by atoms with E-state index in [1.54, 1.807) is 18.3 Å². The van der Waals surface area contributed by atoms with E-state index in [1.807, 2.05) is 61.2 Å². The topological polar surface area (TPSA) is 125 Å². The van der Waals surface area contributed by atoms with E-state index in [9.17, 15) is 19.8 Å². The number of pyridine rings is 1. The van der Waals surface area contributed by atoms with Crippen LogP contribution in [-0.2, 0) is 0 Å². The molecule has 2 atom stereocenters. The number of anilines is 1. The summed E-state index contributed by atoms with van der Waals surface area (Å²) in [5.41, 5.74) is 1.60. The lowest BCUT2D eigenvalue weighted by Crippen LogP contribution is -2.29. The second-order valence-corrected chi connectivity index (χ2v) is 9.66. The number of benzene rings is 2. The van der Waals surface area contributed by atoms with E-state index >= 15 is 0 Å². The van der Waals surface area contributed by atoms with Crippen LogP contribution in [0.1, 0.15) is 58.1 Å². The predicted octanol–water partition coefficient (Wildman–Crippen LogP) is 5.70. The lowest BCUT2D eigenvalue weighted by molar-refractivity contribution is 0.0696. The molecule has 3 N–H and O–H groups in total. The highest BCUT2D eigenvalue weighted by molar-refractivity contribution is 7.80. The Balaban J connectivity index is 1.57. The van der Waals surface area contributed by atoms with Gasteiger partial charge in [-0.1, -0.05) is 6.07 Å². The number of aromatic carboxylic acids is 2. The Morgan fingerprint density at radius 2 is 1.69 bits per heavy atom. The number of carbonyl (C=O) groups is 2. The molecule has 198 valence electrons. The fraction of sp³-hybridized carbons (Fsp3) is 0.172. The van der Waals surface area contributed by atoms with E-state index in [4.69, 9.17) is 21.4 Å². The molecule has 0 aliphatic carbocycles. The van der Waals surface area contributed by atoms with Crippen LogP contribution >= 0.6 is 12.2 Å². The first kappa shape index (κ1) is 25.9. The van der Waals surface area contributed by atoms with E-state index in [0.29, 0.717) is 22.2 Å². The molecule has 0 amide bonds. The number of carboxylic acids is 2. The van der Waals surface area contributed by atoms with Gasteiger partial charge in [-0.05, 0) is 92.8 Å². The van der Waals surface area contributed by atoms with Gasteiger partial charge in [0.05, 0.1) is 29.0 Å². The van der Waals surface area contributed by atoms with Gasteiger partial charge in [-0.2, -0.15) is 0 Å². The number of hydrogen-bond donors (Lipinski definition) is 3. The molecule has 2 aromatic carbocycles.